The number of sulfonamides is 1. The van der Waals surface area contributed by atoms with Crippen LogP contribution in [0.15, 0.2) is 29.2 Å². The number of rotatable bonds is 4. The van der Waals surface area contributed by atoms with Crippen LogP contribution in [0.1, 0.15) is 18.4 Å². The van der Waals surface area contributed by atoms with Gasteiger partial charge < -0.3 is 5.32 Å². The molecule has 1 aliphatic heterocycles. The standard InChI is InChI=1S/C13H17F3N2O2S.ClH/c14-13(15,16)9-10-1-3-12(4-2-10)21(19,20)18-11-5-7-17-8-6-11;/h1-4,11,17-18H,5-9H2;1H. The Bertz CT molecular complexity index is 570. The number of hydrogen-bond donors (Lipinski definition) is 2. The molecule has 9 heteroatoms. The highest BCUT2D eigenvalue weighted by molar-refractivity contribution is 7.89. The highest BCUT2D eigenvalue weighted by atomic mass is 35.5. The van der Waals surface area contributed by atoms with Crippen LogP contribution in [-0.2, 0) is 16.4 Å². The van der Waals surface area contributed by atoms with E-state index >= 15 is 0 Å². The zero-order chi connectivity index (χ0) is 15.5. The zero-order valence-corrected chi connectivity index (χ0v) is 13.3. The van der Waals surface area contributed by atoms with Gasteiger partial charge in [0.2, 0.25) is 10.0 Å². The Morgan fingerprint density at radius 3 is 2.18 bits per heavy atom. The molecule has 0 atom stereocenters. The van der Waals surface area contributed by atoms with Crippen molar-refractivity contribution in [3.8, 4) is 0 Å². The lowest BCUT2D eigenvalue weighted by molar-refractivity contribution is -0.127. The number of nitrogens with one attached hydrogen (secondary N) is 2. The van der Waals surface area contributed by atoms with Crippen LogP contribution in [-0.4, -0.2) is 33.7 Å². The second kappa shape index (κ2) is 7.63. The van der Waals surface area contributed by atoms with E-state index < -0.39 is 22.6 Å². The maximum Gasteiger partial charge on any atom is 0.393 e. The first-order valence-electron chi connectivity index (χ1n) is 6.65. The Morgan fingerprint density at radius 1 is 1.14 bits per heavy atom. The zero-order valence-electron chi connectivity index (χ0n) is 11.7. The molecule has 0 amide bonds. The number of alkyl halides is 3. The third kappa shape index (κ3) is 5.75. The van der Waals surface area contributed by atoms with Gasteiger partial charge in [0, 0.05) is 6.04 Å². The predicted octanol–water partition coefficient (Wildman–Crippen LogP) is 2.24. The van der Waals surface area contributed by atoms with Gasteiger partial charge in [0.05, 0.1) is 11.3 Å². The van der Waals surface area contributed by atoms with Gasteiger partial charge in [-0.2, -0.15) is 13.2 Å². The average molecular weight is 359 g/mol. The molecule has 0 bridgehead atoms. The van der Waals surface area contributed by atoms with Crippen molar-refractivity contribution in [1.29, 1.82) is 0 Å². The van der Waals surface area contributed by atoms with Gasteiger partial charge in [-0.1, -0.05) is 12.1 Å². The van der Waals surface area contributed by atoms with Gasteiger partial charge in [-0.05, 0) is 43.6 Å². The summed E-state index contributed by atoms with van der Waals surface area (Å²) in [5.41, 5.74) is 0.0447. The second-order valence-electron chi connectivity index (χ2n) is 5.08. The fraction of sp³-hybridized carbons (Fsp3) is 0.538. The fourth-order valence-electron chi connectivity index (χ4n) is 2.25. The molecular weight excluding hydrogens is 341 g/mol. The molecule has 1 aromatic rings. The van der Waals surface area contributed by atoms with E-state index in [0.717, 1.165) is 13.1 Å². The van der Waals surface area contributed by atoms with Crippen LogP contribution in [0.3, 0.4) is 0 Å². The van der Waals surface area contributed by atoms with E-state index in [2.05, 4.69) is 10.0 Å². The molecule has 0 aliphatic carbocycles. The van der Waals surface area contributed by atoms with Crippen LogP contribution in [0.4, 0.5) is 13.2 Å². The predicted molar refractivity (Wildman–Crippen MR) is 79.7 cm³/mol. The first-order chi connectivity index (χ1) is 9.76. The van der Waals surface area contributed by atoms with Crippen LogP contribution in [0, 0.1) is 0 Å². The van der Waals surface area contributed by atoms with Crippen LogP contribution < -0.4 is 10.0 Å². The highest BCUT2D eigenvalue weighted by Gasteiger charge is 2.28. The van der Waals surface area contributed by atoms with E-state index in [1.54, 1.807) is 0 Å². The molecular formula is C13H18ClF3N2O2S. The molecule has 0 spiro atoms. The van der Waals surface area contributed by atoms with E-state index in [1.807, 2.05) is 0 Å². The lowest BCUT2D eigenvalue weighted by atomic mass is 10.1. The molecule has 1 fully saturated rings. The monoisotopic (exact) mass is 358 g/mol. The highest BCUT2D eigenvalue weighted by Crippen LogP contribution is 2.22. The SMILES string of the molecule is Cl.O=S(=O)(NC1CCNCC1)c1ccc(CC(F)(F)F)cc1. The number of hydrogen-bond acceptors (Lipinski definition) is 3. The summed E-state index contributed by atoms with van der Waals surface area (Å²) in [7, 11) is -3.68. The Hall–Kier alpha value is -0.830. The molecule has 0 saturated carbocycles. The normalized spacial score (nSPS) is 17.0. The van der Waals surface area contributed by atoms with Gasteiger partial charge in [0.1, 0.15) is 0 Å². The molecule has 0 radical (unpaired) electrons. The maximum absolute atomic E-state index is 12.2. The molecule has 1 aromatic carbocycles. The van der Waals surface area contributed by atoms with Crippen molar-refractivity contribution in [2.75, 3.05) is 13.1 Å². The van der Waals surface area contributed by atoms with Crippen molar-refractivity contribution in [2.24, 2.45) is 0 Å². The summed E-state index contributed by atoms with van der Waals surface area (Å²) in [4.78, 5) is -0.00745. The first-order valence-corrected chi connectivity index (χ1v) is 8.13. The van der Waals surface area contributed by atoms with Crippen molar-refractivity contribution in [1.82, 2.24) is 10.0 Å². The summed E-state index contributed by atoms with van der Waals surface area (Å²) in [6.07, 6.45) is -3.96. The van der Waals surface area contributed by atoms with Gasteiger partial charge in [-0.15, -0.1) is 12.4 Å². The molecule has 0 unspecified atom stereocenters. The minimum atomic E-state index is -4.30. The molecule has 1 heterocycles. The van der Waals surface area contributed by atoms with Gasteiger partial charge in [-0.25, -0.2) is 13.1 Å². The molecule has 2 N–H and O–H groups in total. The van der Waals surface area contributed by atoms with E-state index in [-0.39, 0.29) is 28.9 Å². The average Bonchev–Trinajstić information content (AvgIpc) is 2.38. The maximum atomic E-state index is 12.2. The number of halogens is 4. The van der Waals surface area contributed by atoms with Gasteiger partial charge in [-0.3, -0.25) is 0 Å². The largest absolute Gasteiger partial charge is 0.393 e. The van der Waals surface area contributed by atoms with Crippen molar-refractivity contribution in [3.63, 3.8) is 0 Å². The van der Waals surface area contributed by atoms with Crippen LogP contribution >= 0.6 is 12.4 Å². The Morgan fingerprint density at radius 2 is 1.68 bits per heavy atom. The fourth-order valence-corrected chi connectivity index (χ4v) is 3.55. The quantitative estimate of drug-likeness (QED) is 0.868. The van der Waals surface area contributed by atoms with Crippen molar-refractivity contribution >= 4 is 22.4 Å². The van der Waals surface area contributed by atoms with Crippen molar-refractivity contribution in [3.05, 3.63) is 29.8 Å². The molecule has 1 aliphatic rings. The summed E-state index contributed by atoms with van der Waals surface area (Å²) in [5, 5.41) is 3.13. The second-order valence-corrected chi connectivity index (χ2v) is 6.80. The van der Waals surface area contributed by atoms with E-state index in [1.165, 1.54) is 24.3 Å². The summed E-state index contributed by atoms with van der Waals surface area (Å²) in [5.74, 6) is 0. The van der Waals surface area contributed by atoms with Crippen LogP contribution in [0.25, 0.3) is 0 Å². The first kappa shape index (κ1) is 19.2. The summed E-state index contributed by atoms with van der Waals surface area (Å²) >= 11 is 0. The van der Waals surface area contributed by atoms with Crippen molar-refractivity contribution < 1.29 is 21.6 Å². The summed E-state index contributed by atoms with van der Waals surface area (Å²) < 4.78 is 63.6. The van der Waals surface area contributed by atoms with Gasteiger partial charge in [0.15, 0.2) is 0 Å². The molecule has 1 saturated heterocycles. The number of benzene rings is 1. The molecule has 0 aromatic heterocycles. The number of piperidine rings is 1. The molecule has 126 valence electrons. The Labute approximate surface area is 133 Å². The van der Waals surface area contributed by atoms with E-state index in [4.69, 9.17) is 0 Å². The van der Waals surface area contributed by atoms with Gasteiger partial charge in [0.25, 0.3) is 0 Å². The Balaban J connectivity index is 0.00000242. The van der Waals surface area contributed by atoms with Crippen LogP contribution in [0.2, 0.25) is 0 Å². The summed E-state index contributed by atoms with van der Waals surface area (Å²) in [6, 6.07) is 4.69. The Kier molecular flexibility index (Phi) is 6.66. The third-order valence-corrected chi connectivity index (χ3v) is 4.84. The van der Waals surface area contributed by atoms with E-state index in [0.29, 0.717) is 12.8 Å². The van der Waals surface area contributed by atoms with Crippen molar-refractivity contribution in [2.45, 2.75) is 36.4 Å². The molecule has 2 rings (SSSR count). The van der Waals surface area contributed by atoms with E-state index in [9.17, 15) is 21.6 Å². The van der Waals surface area contributed by atoms with Crippen LogP contribution in [0.5, 0.6) is 0 Å². The lowest BCUT2D eigenvalue weighted by Gasteiger charge is -2.23. The lowest BCUT2D eigenvalue weighted by Crippen LogP contribution is -2.42. The topological polar surface area (TPSA) is 58.2 Å². The minimum absolute atomic E-state index is 0. The smallest absolute Gasteiger partial charge is 0.317 e. The molecule has 4 nitrogen and oxygen atoms in total. The molecule has 22 heavy (non-hydrogen) atoms. The summed E-state index contributed by atoms with van der Waals surface area (Å²) in [6.45, 7) is 1.50. The van der Waals surface area contributed by atoms with Gasteiger partial charge >= 0.3 is 6.18 Å². The third-order valence-electron chi connectivity index (χ3n) is 3.30. The minimum Gasteiger partial charge on any atom is -0.317 e.